The Bertz CT molecular complexity index is 544. The van der Waals surface area contributed by atoms with E-state index in [1.165, 1.54) is 22.9 Å². The van der Waals surface area contributed by atoms with Crippen molar-refractivity contribution < 1.29 is 4.79 Å². The van der Waals surface area contributed by atoms with Crippen LogP contribution in [0.15, 0.2) is 49.2 Å². The van der Waals surface area contributed by atoms with Crippen LogP contribution in [-0.4, -0.2) is 12.5 Å². The SMILES string of the molecule is C=CNC(=O)CCNCc1cccc(C)c1/C=C\C=C\CC. The molecule has 22 heavy (non-hydrogen) atoms. The summed E-state index contributed by atoms with van der Waals surface area (Å²) in [6, 6.07) is 6.30. The smallest absolute Gasteiger partial charge is 0.225 e. The minimum absolute atomic E-state index is 0.0171. The van der Waals surface area contributed by atoms with Gasteiger partial charge >= 0.3 is 0 Å². The van der Waals surface area contributed by atoms with Crippen molar-refractivity contribution in [2.24, 2.45) is 0 Å². The van der Waals surface area contributed by atoms with Crippen LogP contribution in [0.1, 0.15) is 36.5 Å². The lowest BCUT2D eigenvalue weighted by atomic mass is 10.0. The second-order valence-electron chi connectivity index (χ2n) is 5.04. The molecule has 0 aromatic heterocycles. The number of benzene rings is 1. The molecule has 0 spiro atoms. The maximum atomic E-state index is 11.3. The van der Waals surface area contributed by atoms with Crippen LogP contribution in [0.5, 0.6) is 0 Å². The molecule has 2 N–H and O–H groups in total. The van der Waals surface area contributed by atoms with Crippen molar-refractivity contribution in [2.45, 2.75) is 33.2 Å². The summed E-state index contributed by atoms with van der Waals surface area (Å²) in [6.45, 7) is 9.11. The van der Waals surface area contributed by atoms with E-state index in [0.717, 1.165) is 13.0 Å². The molecule has 0 aliphatic heterocycles. The summed E-state index contributed by atoms with van der Waals surface area (Å²) in [7, 11) is 0. The van der Waals surface area contributed by atoms with Crippen LogP contribution in [0.25, 0.3) is 6.08 Å². The Morgan fingerprint density at radius 2 is 2.14 bits per heavy atom. The van der Waals surface area contributed by atoms with Gasteiger partial charge in [0.1, 0.15) is 0 Å². The van der Waals surface area contributed by atoms with Gasteiger partial charge in [-0.3, -0.25) is 4.79 Å². The number of carbonyl (C=O) groups is 1. The maximum Gasteiger partial charge on any atom is 0.225 e. The lowest BCUT2D eigenvalue weighted by molar-refractivity contribution is -0.120. The van der Waals surface area contributed by atoms with E-state index in [1.54, 1.807) is 0 Å². The molecule has 1 aromatic rings. The quantitative estimate of drug-likeness (QED) is 0.539. The van der Waals surface area contributed by atoms with Gasteiger partial charge in [0, 0.05) is 19.5 Å². The number of nitrogens with one attached hydrogen (secondary N) is 2. The van der Waals surface area contributed by atoms with E-state index in [4.69, 9.17) is 0 Å². The third-order valence-electron chi connectivity index (χ3n) is 3.27. The van der Waals surface area contributed by atoms with Crippen LogP contribution in [0.2, 0.25) is 0 Å². The number of allylic oxidation sites excluding steroid dienone is 3. The van der Waals surface area contributed by atoms with Crippen LogP contribution >= 0.6 is 0 Å². The fourth-order valence-electron chi connectivity index (χ4n) is 2.11. The van der Waals surface area contributed by atoms with E-state index < -0.39 is 0 Å². The summed E-state index contributed by atoms with van der Waals surface area (Å²) in [5, 5.41) is 5.88. The molecule has 118 valence electrons. The van der Waals surface area contributed by atoms with Gasteiger partial charge in [0.2, 0.25) is 5.91 Å². The standard InChI is InChI=1S/C19H26N2O/c1-4-6-7-8-12-18-16(3)10-9-11-17(18)15-20-14-13-19(22)21-5-2/h5-12,20H,2,4,13-15H2,1,3H3,(H,21,22)/b7-6+,12-8-. The largest absolute Gasteiger partial charge is 0.333 e. The van der Waals surface area contributed by atoms with Crippen LogP contribution in [0.4, 0.5) is 0 Å². The average molecular weight is 298 g/mol. The highest BCUT2D eigenvalue weighted by atomic mass is 16.1. The molecule has 0 unspecified atom stereocenters. The van der Waals surface area contributed by atoms with Crippen molar-refractivity contribution in [1.29, 1.82) is 0 Å². The molecule has 0 radical (unpaired) electrons. The van der Waals surface area contributed by atoms with Crippen LogP contribution in [0, 0.1) is 6.92 Å². The maximum absolute atomic E-state index is 11.3. The molecule has 1 rings (SSSR count). The predicted molar refractivity (Wildman–Crippen MR) is 94.3 cm³/mol. The first-order chi connectivity index (χ1) is 10.7. The van der Waals surface area contributed by atoms with Gasteiger partial charge in [0.15, 0.2) is 0 Å². The molecule has 0 aliphatic rings. The topological polar surface area (TPSA) is 41.1 Å². The minimum Gasteiger partial charge on any atom is -0.333 e. The van der Waals surface area contributed by atoms with Gasteiger partial charge < -0.3 is 10.6 Å². The Labute approximate surface area is 133 Å². The van der Waals surface area contributed by atoms with E-state index in [2.05, 4.69) is 73.6 Å². The van der Waals surface area contributed by atoms with Crippen LogP contribution in [-0.2, 0) is 11.3 Å². The van der Waals surface area contributed by atoms with Crippen molar-refractivity contribution in [3.63, 3.8) is 0 Å². The molecule has 1 aromatic carbocycles. The van der Waals surface area contributed by atoms with Gasteiger partial charge in [-0.2, -0.15) is 0 Å². The Kier molecular flexibility index (Phi) is 8.61. The molecule has 3 heteroatoms. The minimum atomic E-state index is -0.0171. The van der Waals surface area contributed by atoms with Crippen molar-refractivity contribution in [3.8, 4) is 0 Å². The Balaban J connectivity index is 2.60. The number of hydrogen-bond acceptors (Lipinski definition) is 2. The third kappa shape index (κ3) is 6.55. The zero-order valence-corrected chi connectivity index (χ0v) is 13.6. The predicted octanol–water partition coefficient (Wildman–Crippen LogP) is 3.71. The number of aryl methyl sites for hydroxylation is 1. The molecule has 0 fully saturated rings. The molecule has 0 saturated heterocycles. The normalized spacial score (nSPS) is 11.2. The summed E-state index contributed by atoms with van der Waals surface area (Å²) in [5.74, 6) is -0.0171. The monoisotopic (exact) mass is 298 g/mol. The fourth-order valence-corrected chi connectivity index (χ4v) is 2.11. The Morgan fingerprint density at radius 3 is 2.86 bits per heavy atom. The van der Waals surface area contributed by atoms with E-state index in [-0.39, 0.29) is 5.91 Å². The van der Waals surface area contributed by atoms with E-state index in [1.807, 2.05) is 0 Å². The molecule has 3 nitrogen and oxygen atoms in total. The highest BCUT2D eigenvalue weighted by Crippen LogP contribution is 2.16. The first kappa shape index (κ1) is 17.9. The van der Waals surface area contributed by atoms with Gasteiger partial charge in [-0.1, -0.05) is 56.0 Å². The molecule has 1 amide bonds. The number of rotatable bonds is 9. The van der Waals surface area contributed by atoms with Gasteiger partial charge in [0.05, 0.1) is 0 Å². The molecular weight excluding hydrogens is 272 g/mol. The lowest BCUT2D eigenvalue weighted by Crippen LogP contribution is -2.24. The molecule has 0 saturated carbocycles. The Hall–Kier alpha value is -2.13. The van der Waals surface area contributed by atoms with E-state index >= 15 is 0 Å². The number of amides is 1. The van der Waals surface area contributed by atoms with Gasteiger partial charge in [-0.05, 0) is 36.2 Å². The van der Waals surface area contributed by atoms with Crippen LogP contribution in [0.3, 0.4) is 0 Å². The molecular formula is C19H26N2O. The summed E-state index contributed by atoms with van der Waals surface area (Å²) in [4.78, 5) is 11.3. The van der Waals surface area contributed by atoms with Crippen molar-refractivity contribution in [2.75, 3.05) is 6.54 Å². The number of hydrogen-bond donors (Lipinski definition) is 2. The van der Waals surface area contributed by atoms with Crippen LogP contribution < -0.4 is 10.6 Å². The van der Waals surface area contributed by atoms with Crippen molar-refractivity contribution >= 4 is 12.0 Å². The molecule has 0 bridgehead atoms. The van der Waals surface area contributed by atoms with E-state index in [9.17, 15) is 4.79 Å². The van der Waals surface area contributed by atoms with Crippen molar-refractivity contribution in [3.05, 3.63) is 65.9 Å². The number of carbonyl (C=O) groups excluding carboxylic acids is 1. The summed E-state index contributed by atoms with van der Waals surface area (Å²) < 4.78 is 0. The summed E-state index contributed by atoms with van der Waals surface area (Å²) in [6.07, 6.45) is 11.3. The first-order valence-corrected chi connectivity index (χ1v) is 7.71. The second kappa shape index (κ2) is 10.6. The molecule has 0 atom stereocenters. The van der Waals surface area contributed by atoms with Gasteiger partial charge in [-0.15, -0.1) is 0 Å². The van der Waals surface area contributed by atoms with Crippen molar-refractivity contribution in [1.82, 2.24) is 10.6 Å². The van der Waals surface area contributed by atoms with E-state index in [0.29, 0.717) is 13.0 Å². The highest BCUT2D eigenvalue weighted by molar-refractivity contribution is 5.76. The zero-order chi connectivity index (χ0) is 16.2. The average Bonchev–Trinajstić information content (AvgIpc) is 2.50. The third-order valence-corrected chi connectivity index (χ3v) is 3.27. The lowest BCUT2D eigenvalue weighted by Gasteiger charge is -2.10. The van der Waals surface area contributed by atoms with Gasteiger partial charge in [-0.25, -0.2) is 0 Å². The first-order valence-electron chi connectivity index (χ1n) is 7.71. The van der Waals surface area contributed by atoms with Gasteiger partial charge in [0.25, 0.3) is 0 Å². The Morgan fingerprint density at radius 1 is 1.32 bits per heavy atom. The highest BCUT2D eigenvalue weighted by Gasteiger charge is 2.03. The zero-order valence-electron chi connectivity index (χ0n) is 13.6. The molecule has 0 heterocycles. The second-order valence-corrected chi connectivity index (χ2v) is 5.04. The summed E-state index contributed by atoms with van der Waals surface area (Å²) >= 11 is 0. The fraction of sp³-hybridized carbons (Fsp3) is 0.316. The summed E-state index contributed by atoms with van der Waals surface area (Å²) in [5.41, 5.74) is 3.74. The molecule has 0 aliphatic carbocycles.